The molecule has 0 aromatic heterocycles. The third-order valence-corrected chi connectivity index (χ3v) is 4.56. The molecule has 3 rings (SSSR count). The highest BCUT2D eigenvalue weighted by Crippen LogP contribution is 2.29. The van der Waals surface area contributed by atoms with Crippen molar-refractivity contribution in [3.8, 4) is 0 Å². The molecule has 21 heavy (non-hydrogen) atoms. The lowest BCUT2D eigenvalue weighted by atomic mass is 10.0. The SMILES string of the molecule is Cc1cc(Br)c(F)cc1N1CCNC(c2ccccc2)C1. The number of benzene rings is 2. The molecule has 4 heteroatoms. The highest BCUT2D eigenvalue weighted by molar-refractivity contribution is 9.10. The molecule has 1 atom stereocenters. The second-order valence-corrected chi connectivity index (χ2v) is 6.27. The second-order valence-electron chi connectivity index (χ2n) is 5.42. The minimum atomic E-state index is -0.203. The third kappa shape index (κ3) is 3.11. The Bertz CT molecular complexity index is 630. The molecule has 1 fully saturated rings. The maximum atomic E-state index is 13.8. The third-order valence-electron chi connectivity index (χ3n) is 3.96. The predicted octanol–water partition coefficient (Wildman–Crippen LogP) is 4.05. The molecule has 1 unspecified atom stereocenters. The molecule has 2 aromatic rings. The van der Waals surface area contributed by atoms with E-state index in [4.69, 9.17) is 0 Å². The van der Waals surface area contributed by atoms with Crippen LogP contribution >= 0.6 is 15.9 Å². The number of rotatable bonds is 2. The molecule has 1 N–H and O–H groups in total. The summed E-state index contributed by atoms with van der Waals surface area (Å²) in [5, 5.41) is 3.54. The van der Waals surface area contributed by atoms with Crippen LogP contribution in [0.3, 0.4) is 0 Å². The Hall–Kier alpha value is -1.39. The van der Waals surface area contributed by atoms with E-state index >= 15 is 0 Å². The molecule has 0 saturated carbocycles. The highest BCUT2D eigenvalue weighted by Gasteiger charge is 2.22. The van der Waals surface area contributed by atoms with Gasteiger partial charge in [-0.3, -0.25) is 0 Å². The number of nitrogens with one attached hydrogen (secondary N) is 1. The molecule has 0 radical (unpaired) electrons. The van der Waals surface area contributed by atoms with E-state index in [1.807, 2.05) is 19.1 Å². The lowest BCUT2D eigenvalue weighted by Crippen LogP contribution is -2.46. The van der Waals surface area contributed by atoms with Crippen molar-refractivity contribution < 1.29 is 4.39 Å². The van der Waals surface area contributed by atoms with Gasteiger partial charge < -0.3 is 10.2 Å². The van der Waals surface area contributed by atoms with Gasteiger partial charge in [0.25, 0.3) is 0 Å². The monoisotopic (exact) mass is 348 g/mol. The minimum Gasteiger partial charge on any atom is -0.368 e. The number of nitrogens with zero attached hydrogens (tertiary/aromatic N) is 1. The van der Waals surface area contributed by atoms with E-state index in [1.54, 1.807) is 6.07 Å². The van der Waals surface area contributed by atoms with Crippen molar-refractivity contribution >= 4 is 21.6 Å². The standard InChI is InChI=1S/C17H18BrFN2/c1-12-9-14(18)15(19)10-17(12)21-8-7-20-16(11-21)13-5-3-2-4-6-13/h2-6,9-10,16,20H,7-8,11H2,1H3. The van der Waals surface area contributed by atoms with Gasteiger partial charge in [-0.2, -0.15) is 0 Å². The van der Waals surface area contributed by atoms with Crippen LogP contribution in [-0.4, -0.2) is 19.6 Å². The number of hydrogen-bond donors (Lipinski definition) is 1. The number of hydrogen-bond acceptors (Lipinski definition) is 2. The average Bonchev–Trinajstić information content (AvgIpc) is 2.52. The van der Waals surface area contributed by atoms with Crippen molar-refractivity contribution in [1.29, 1.82) is 0 Å². The van der Waals surface area contributed by atoms with Gasteiger partial charge in [-0.15, -0.1) is 0 Å². The zero-order valence-electron chi connectivity index (χ0n) is 11.9. The minimum absolute atomic E-state index is 0.203. The van der Waals surface area contributed by atoms with Crippen LogP contribution < -0.4 is 10.2 Å². The Morgan fingerprint density at radius 1 is 1.24 bits per heavy atom. The van der Waals surface area contributed by atoms with Crippen molar-refractivity contribution in [1.82, 2.24) is 5.32 Å². The van der Waals surface area contributed by atoms with E-state index in [0.29, 0.717) is 4.47 Å². The Kier molecular flexibility index (Phi) is 4.27. The molecule has 2 aromatic carbocycles. The fourth-order valence-electron chi connectivity index (χ4n) is 2.85. The van der Waals surface area contributed by atoms with E-state index in [9.17, 15) is 4.39 Å². The molecule has 0 bridgehead atoms. The number of halogens is 2. The van der Waals surface area contributed by atoms with Gasteiger partial charge in [0.05, 0.1) is 4.47 Å². The molecule has 0 amide bonds. The molecule has 110 valence electrons. The van der Waals surface area contributed by atoms with Crippen molar-refractivity contribution in [3.05, 3.63) is 63.9 Å². The summed E-state index contributed by atoms with van der Waals surface area (Å²) in [7, 11) is 0. The molecule has 1 heterocycles. The van der Waals surface area contributed by atoms with Crippen molar-refractivity contribution in [2.24, 2.45) is 0 Å². The molecule has 0 aliphatic carbocycles. The van der Waals surface area contributed by atoms with Crippen LogP contribution in [0.25, 0.3) is 0 Å². The second kappa shape index (κ2) is 6.16. The molecule has 1 aliphatic heterocycles. The van der Waals surface area contributed by atoms with Crippen LogP contribution in [-0.2, 0) is 0 Å². The Morgan fingerprint density at radius 3 is 2.76 bits per heavy atom. The van der Waals surface area contributed by atoms with Crippen molar-refractivity contribution in [2.75, 3.05) is 24.5 Å². The van der Waals surface area contributed by atoms with Gasteiger partial charge in [0, 0.05) is 31.4 Å². The molecule has 0 spiro atoms. The first-order valence-electron chi connectivity index (χ1n) is 7.14. The zero-order valence-corrected chi connectivity index (χ0v) is 13.5. The van der Waals surface area contributed by atoms with Crippen molar-refractivity contribution in [2.45, 2.75) is 13.0 Å². The first-order valence-corrected chi connectivity index (χ1v) is 7.93. The van der Waals surface area contributed by atoms with Gasteiger partial charge in [-0.1, -0.05) is 30.3 Å². The fraction of sp³-hybridized carbons (Fsp3) is 0.294. The summed E-state index contributed by atoms with van der Waals surface area (Å²) in [5.74, 6) is -0.203. The van der Waals surface area contributed by atoms with Crippen LogP contribution in [0.5, 0.6) is 0 Å². The zero-order chi connectivity index (χ0) is 14.8. The van der Waals surface area contributed by atoms with Gasteiger partial charge in [0.2, 0.25) is 0 Å². The Balaban J connectivity index is 1.85. The first-order chi connectivity index (χ1) is 10.1. The average molecular weight is 349 g/mol. The summed E-state index contributed by atoms with van der Waals surface area (Å²) < 4.78 is 14.4. The number of aryl methyl sites for hydroxylation is 1. The van der Waals surface area contributed by atoms with Crippen molar-refractivity contribution in [3.63, 3.8) is 0 Å². The van der Waals surface area contributed by atoms with E-state index in [2.05, 4.69) is 50.4 Å². The molecule has 1 saturated heterocycles. The van der Waals surface area contributed by atoms with Crippen LogP contribution in [0.4, 0.5) is 10.1 Å². The summed E-state index contributed by atoms with van der Waals surface area (Å²) in [6.07, 6.45) is 0. The number of piperazine rings is 1. The van der Waals surface area contributed by atoms with Gasteiger partial charge in [-0.05, 0) is 46.1 Å². The summed E-state index contributed by atoms with van der Waals surface area (Å²) >= 11 is 3.25. The molecular formula is C17H18BrFN2. The maximum Gasteiger partial charge on any atom is 0.139 e. The molecular weight excluding hydrogens is 331 g/mol. The largest absolute Gasteiger partial charge is 0.368 e. The smallest absolute Gasteiger partial charge is 0.139 e. The van der Waals surface area contributed by atoms with E-state index in [-0.39, 0.29) is 11.9 Å². The summed E-state index contributed by atoms with van der Waals surface area (Å²) in [6.45, 7) is 4.67. The van der Waals surface area contributed by atoms with E-state index in [1.165, 1.54) is 5.56 Å². The van der Waals surface area contributed by atoms with Gasteiger partial charge in [-0.25, -0.2) is 4.39 Å². The van der Waals surface area contributed by atoms with Gasteiger partial charge >= 0.3 is 0 Å². The lowest BCUT2D eigenvalue weighted by Gasteiger charge is -2.36. The quantitative estimate of drug-likeness (QED) is 0.880. The summed E-state index contributed by atoms with van der Waals surface area (Å²) in [4.78, 5) is 2.26. The Labute approximate surface area is 133 Å². The van der Waals surface area contributed by atoms with Gasteiger partial charge in [0.15, 0.2) is 0 Å². The highest BCUT2D eigenvalue weighted by atomic mass is 79.9. The maximum absolute atomic E-state index is 13.8. The first kappa shape index (κ1) is 14.5. The normalized spacial score (nSPS) is 18.8. The van der Waals surface area contributed by atoms with Gasteiger partial charge in [0.1, 0.15) is 5.82 Å². The van der Waals surface area contributed by atoms with Crippen LogP contribution in [0.2, 0.25) is 0 Å². The molecule has 1 aliphatic rings. The van der Waals surface area contributed by atoms with E-state index in [0.717, 1.165) is 30.9 Å². The van der Waals surface area contributed by atoms with Crippen LogP contribution in [0.1, 0.15) is 17.2 Å². The van der Waals surface area contributed by atoms with Crippen LogP contribution in [0.15, 0.2) is 46.9 Å². The summed E-state index contributed by atoms with van der Waals surface area (Å²) in [6, 6.07) is 14.2. The predicted molar refractivity (Wildman–Crippen MR) is 88.2 cm³/mol. The Morgan fingerprint density at radius 2 is 2.00 bits per heavy atom. The van der Waals surface area contributed by atoms with Crippen LogP contribution in [0, 0.1) is 12.7 Å². The van der Waals surface area contributed by atoms with E-state index < -0.39 is 0 Å². The molecule has 2 nitrogen and oxygen atoms in total. The fourth-order valence-corrected chi connectivity index (χ4v) is 3.31. The topological polar surface area (TPSA) is 15.3 Å². The number of anilines is 1. The lowest BCUT2D eigenvalue weighted by molar-refractivity contribution is 0.471. The summed E-state index contributed by atoms with van der Waals surface area (Å²) in [5.41, 5.74) is 3.35.